The van der Waals surface area contributed by atoms with E-state index in [4.69, 9.17) is 11.3 Å². The van der Waals surface area contributed by atoms with Crippen molar-refractivity contribution in [2.75, 3.05) is 4.90 Å². The molecule has 178 valence electrons. The molecule has 5 rings (SSSR count). The predicted molar refractivity (Wildman–Crippen MR) is 150 cm³/mol. The van der Waals surface area contributed by atoms with Gasteiger partial charge in [0.2, 0.25) is 0 Å². The van der Waals surface area contributed by atoms with Gasteiger partial charge in [-0.3, -0.25) is 0 Å². The van der Waals surface area contributed by atoms with Crippen LogP contribution in [0.2, 0.25) is 0 Å². The molecule has 0 saturated carbocycles. The Balaban J connectivity index is 1.48. The van der Waals surface area contributed by atoms with Crippen molar-refractivity contribution in [3.05, 3.63) is 143 Å². The molecule has 0 radical (unpaired) electrons. The number of para-hydroxylation sites is 1. The van der Waals surface area contributed by atoms with Gasteiger partial charge in [-0.1, -0.05) is 72.8 Å². The first-order valence-corrected chi connectivity index (χ1v) is 12.2. The van der Waals surface area contributed by atoms with Crippen molar-refractivity contribution >= 4 is 33.9 Å². The summed E-state index contributed by atoms with van der Waals surface area (Å²) >= 11 is 0. The van der Waals surface area contributed by atoms with Crippen LogP contribution in [0.3, 0.4) is 0 Å². The topological polar surface area (TPSA) is 40.6 Å². The minimum atomic E-state index is -0.0905. The van der Waals surface area contributed by atoms with E-state index in [1.165, 1.54) is 10.8 Å². The Morgan fingerprint density at radius 3 is 2.38 bits per heavy atom. The van der Waals surface area contributed by atoms with Crippen LogP contribution in [-0.2, 0) is 4.74 Å². The van der Waals surface area contributed by atoms with Gasteiger partial charge < -0.3 is 9.64 Å². The molecule has 4 aromatic carbocycles. The number of hydrogen-bond donors (Lipinski definition) is 0. The highest BCUT2D eigenvalue weighted by molar-refractivity contribution is 5.98. The van der Waals surface area contributed by atoms with E-state index in [0.29, 0.717) is 12.2 Å². The summed E-state index contributed by atoms with van der Waals surface area (Å²) in [5.41, 5.74) is 5.13. The maximum Gasteiger partial charge on any atom is 0.265 e. The minimum absolute atomic E-state index is 0.0905. The summed E-state index contributed by atoms with van der Waals surface area (Å²) in [6.45, 7) is 9.18. The van der Waals surface area contributed by atoms with E-state index < -0.39 is 0 Å². The largest absolute Gasteiger partial charge is 0.490 e. The molecule has 0 aromatic heterocycles. The van der Waals surface area contributed by atoms with Gasteiger partial charge in [-0.05, 0) is 65.9 Å². The molecule has 0 bridgehead atoms. The van der Waals surface area contributed by atoms with Crippen LogP contribution < -0.4 is 4.90 Å². The molecule has 37 heavy (non-hydrogen) atoms. The monoisotopic (exact) mass is 479 g/mol. The fourth-order valence-electron chi connectivity index (χ4n) is 4.59. The maximum atomic E-state index is 9.24. The number of fused-ring (bicyclic) bond motifs is 1. The second-order valence-electron chi connectivity index (χ2n) is 8.87. The number of nitriles is 1. The average molecular weight is 480 g/mol. The zero-order chi connectivity index (χ0) is 25.6. The van der Waals surface area contributed by atoms with Crippen LogP contribution in [0, 0.1) is 17.9 Å². The Bertz CT molecular complexity index is 1580. The molecular weight excluding hydrogens is 454 g/mol. The van der Waals surface area contributed by atoms with Crippen LogP contribution in [-0.4, -0.2) is 6.10 Å². The number of rotatable bonds is 5. The molecule has 0 spiro atoms. The fourth-order valence-corrected chi connectivity index (χ4v) is 4.59. The first kappa shape index (κ1) is 23.7. The summed E-state index contributed by atoms with van der Waals surface area (Å²) in [4.78, 5) is 5.62. The second-order valence-corrected chi connectivity index (χ2v) is 8.87. The maximum absolute atomic E-state index is 9.24. The van der Waals surface area contributed by atoms with E-state index in [2.05, 4.69) is 101 Å². The van der Waals surface area contributed by atoms with Gasteiger partial charge in [-0.15, -0.1) is 0 Å². The summed E-state index contributed by atoms with van der Waals surface area (Å²) in [5, 5.41) is 11.6. The van der Waals surface area contributed by atoms with Crippen LogP contribution in [0.4, 0.5) is 17.1 Å². The van der Waals surface area contributed by atoms with Crippen LogP contribution in [0.25, 0.3) is 21.7 Å². The molecule has 1 heterocycles. The fraction of sp³-hybridized carbons (Fsp3) is 0.0909. The molecular formula is C33H25N3O. The quantitative estimate of drug-likeness (QED) is 0.212. The number of anilines is 3. The molecule has 1 aliphatic rings. The third-order valence-corrected chi connectivity index (χ3v) is 6.30. The normalized spacial score (nSPS) is 16.4. The van der Waals surface area contributed by atoms with Gasteiger partial charge in [0.15, 0.2) is 0 Å². The van der Waals surface area contributed by atoms with Crippen molar-refractivity contribution in [1.82, 2.24) is 0 Å². The summed E-state index contributed by atoms with van der Waals surface area (Å²) in [7, 11) is 0. The molecule has 0 fully saturated rings. The molecule has 4 nitrogen and oxygen atoms in total. The predicted octanol–water partition coefficient (Wildman–Crippen LogP) is 8.71. The number of ether oxygens (including phenoxy) is 1. The van der Waals surface area contributed by atoms with Gasteiger partial charge in [0.25, 0.3) is 5.70 Å². The number of benzene rings is 4. The molecule has 0 saturated heterocycles. The Morgan fingerprint density at radius 2 is 1.62 bits per heavy atom. The number of hydrogen-bond acceptors (Lipinski definition) is 3. The van der Waals surface area contributed by atoms with E-state index in [9.17, 15) is 5.26 Å². The lowest BCUT2D eigenvalue weighted by Gasteiger charge is -2.27. The SMILES string of the molecule is [C-]#[N+]C(C#N)=C1C=C(/C=C/c2ccc(N(c3ccccc3)c3cccc4ccccc34)cc2)OC(C)C1. The molecule has 4 aromatic rings. The van der Waals surface area contributed by atoms with Gasteiger partial charge in [0.05, 0.1) is 24.4 Å². The molecule has 0 aliphatic carbocycles. The van der Waals surface area contributed by atoms with E-state index in [-0.39, 0.29) is 11.8 Å². The molecule has 4 heteroatoms. The van der Waals surface area contributed by atoms with Crippen molar-refractivity contribution in [2.45, 2.75) is 19.4 Å². The summed E-state index contributed by atoms with van der Waals surface area (Å²) in [5.74, 6) is 0.649. The lowest BCUT2D eigenvalue weighted by atomic mass is 10.0. The zero-order valence-corrected chi connectivity index (χ0v) is 20.5. The van der Waals surface area contributed by atoms with E-state index in [0.717, 1.165) is 28.2 Å². The average Bonchev–Trinajstić information content (AvgIpc) is 2.94. The molecule has 1 aliphatic heterocycles. The van der Waals surface area contributed by atoms with E-state index >= 15 is 0 Å². The van der Waals surface area contributed by atoms with E-state index in [1.807, 2.05) is 31.2 Å². The third-order valence-electron chi connectivity index (χ3n) is 6.30. The van der Waals surface area contributed by atoms with Gasteiger partial charge in [0.1, 0.15) is 5.76 Å². The van der Waals surface area contributed by atoms with Crippen LogP contribution in [0.15, 0.2) is 126 Å². The standard InChI is InChI=1S/C33H25N3O/c1-24-21-27(32(23-34)35-2)22-30(37-24)20-17-25-15-18-29(19-16-25)36(28-11-4-3-5-12-28)33-14-8-10-26-9-6-7-13-31(26)33/h3-20,22,24H,21H2,1H3/b20-17+,32-27?. The van der Waals surface area contributed by atoms with Crippen LogP contribution in [0.1, 0.15) is 18.9 Å². The summed E-state index contributed by atoms with van der Waals surface area (Å²) in [6.07, 6.45) is 6.13. The van der Waals surface area contributed by atoms with Crippen molar-refractivity contribution in [2.24, 2.45) is 0 Å². The second kappa shape index (κ2) is 10.7. The Labute approximate surface area is 217 Å². The molecule has 0 amide bonds. The van der Waals surface area contributed by atoms with Gasteiger partial charge in [-0.25, -0.2) is 10.1 Å². The Hall–Kier alpha value is -5.06. The number of nitrogens with zero attached hydrogens (tertiary/aromatic N) is 3. The van der Waals surface area contributed by atoms with Crippen molar-refractivity contribution in [3.63, 3.8) is 0 Å². The minimum Gasteiger partial charge on any atom is -0.490 e. The highest BCUT2D eigenvalue weighted by Crippen LogP contribution is 2.38. The van der Waals surface area contributed by atoms with Crippen molar-refractivity contribution in [3.8, 4) is 6.07 Å². The first-order valence-electron chi connectivity index (χ1n) is 12.2. The molecule has 1 unspecified atom stereocenters. The van der Waals surface area contributed by atoms with Crippen molar-refractivity contribution in [1.29, 1.82) is 5.26 Å². The zero-order valence-electron chi connectivity index (χ0n) is 20.5. The summed E-state index contributed by atoms with van der Waals surface area (Å²) in [6, 6.07) is 35.6. The van der Waals surface area contributed by atoms with Gasteiger partial charge in [0, 0.05) is 23.2 Å². The summed E-state index contributed by atoms with van der Waals surface area (Å²) < 4.78 is 5.92. The highest BCUT2D eigenvalue weighted by Gasteiger charge is 2.18. The van der Waals surface area contributed by atoms with Crippen molar-refractivity contribution < 1.29 is 4.74 Å². The number of allylic oxidation sites excluding steroid dienone is 3. The first-order chi connectivity index (χ1) is 18.2. The molecule has 1 atom stereocenters. The van der Waals surface area contributed by atoms with Crippen LogP contribution in [0.5, 0.6) is 0 Å². The van der Waals surface area contributed by atoms with Crippen LogP contribution >= 0.6 is 0 Å². The van der Waals surface area contributed by atoms with Gasteiger partial charge in [-0.2, -0.15) is 0 Å². The highest BCUT2D eigenvalue weighted by atomic mass is 16.5. The molecule has 0 N–H and O–H groups in total. The Kier molecular flexibility index (Phi) is 6.84. The lowest BCUT2D eigenvalue weighted by Crippen LogP contribution is -2.13. The van der Waals surface area contributed by atoms with E-state index in [1.54, 1.807) is 6.08 Å². The Morgan fingerprint density at radius 1 is 0.919 bits per heavy atom. The van der Waals surface area contributed by atoms with Gasteiger partial charge >= 0.3 is 0 Å². The third kappa shape index (κ3) is 5.15. The lowest BCUT2D eigenvalue weighted by molar-refractivity contribution is 0.133. The smallest absolute Gasteiger partial charge is 0.265 e.